The Bertz CT molecular complexity index is 423. The highest BCUT2D eigenvalue weighted by atomic mass is 32.2. The van der Waals surface area contributed by atoms with Gasteiger partial charge in [0.25, 0.3) is 0 Å². The summed E-state index contributed by atoms with van der Waals surface area (Å²) in [5, 5.41) is 3.88. The van der Waals surface area contributed by atoms with Gasteiger partial charge in [0.05, 0.1) is 6.10 Å². The molecule has 3 unspecified atom stereocenters. The predicted octanol–water partition coefficient (Wildman–Crippen LogP) is 3.77. The first-order valence-electron chi connectivity index (χ1n) is 7.39. The van der Waals surface area contributed by atoms with Crippen LogP contribution in [0, 0.1) is 0 Å². The summed E-state index contributed by atoms with van der Waals surface area (Å²) in [6, 6.07) is 9.88. The van der Waals surface area contributed by atoms with E-state index >= 15 is 0 Å². The topological polar surface area (TPSA) is 21.3 Å². The van der Waals surface area contributed by atoms with E-state index in [0.717, 1.165) is 0 Å². The number of hydrogen-bond acceptors (Lipinski definition) is 3. The van der Waals surface area contributed by atoms with Crippen LogP contribution in [0.5, 0.6) is 0 Å². The monoisotopic (exact) mass is 277 g/mol. The summed E-state index contributed by atoms with van der Waals surface area (Å²) < 4.78 is 5.67. The van der Waals surface area contributed by atoms with Crippen molar-refractivity contribution in [2.45, 2.75) is 55.2 Å². The van der Waals surface area contributed by atoms with Crippen LogP contribution in [0.4, 0.5) is 0 Å². The lowest BCUT2D eigenvalue weighted by atomic mass is 9.90. The third-order valence-electron chi connectivity index (χ3n) is 4.38. The van der Waals surface area contributed by atoms with Crippen LogP contribution in [0.15, 0.2) is 29.2 Å². The van der Waals surface area contributed by atoms with E-state index in [0.29, 0.717) is 18.2 Å². The molecule has 3 heteroatoms. The predicted molar refractivity (Wildman–Crippen MR) is 80.7 cm³/mol. The van der Waals surface area contributed by atoms with Crippen LogP contribution in [0.3, 0.4) is 0 Å². The van der Waals surface area contributed by atoms with Crippen molar-refractivity contribution in [1.29, 1.82) is 0 Å². The number of rotatable bonds is 3. The van der Waals surface area contributed by atoms with Gasteiger partial charge < -0.3 is 10.1 Å². The van der Waals surface area contributed by atoms with Crippen molar-refractivity contribution in [3.63, 3.8) is 0 Å². The SMILES string of the molecule is COC1CCCCC1NC1CCSc2ccccc21. The van der Waals surface area contributed by atoms with Crippen LogP contribution in [0.2, 0.25) is 0 Å². The number of nitrogens with one attached hydrogen (secondary N) is 1. The van der Waals surface area contributed by atoms with Crippen molar-refractivity contribution in [3.8, 4) is 0 Å². The summed E-state index contributed by atoms with van der Waals surface area (Å²) in [6.45, 7) is 0. The molecule has 0 radical (unpaired) electrons. The third-order valence-corrected chi connectivity index (χ3v) is 5.50. The van der Waals surface area contributed by atoms with Crippen molar-refractivity contribution >= 4 is 11.8 Å². The van der Waals surface area contributed by atoms with Crippen LogP contribution < -0.4 is 5.32 Å². The Morgan fingerprint density at radius 1 is 1.16 bits per heavy atom. The van der Waals surface area contributed by atoms with Gasteiger partial charge in [-0.15, -0.1) is 11.8 Å². The lowest BCUT2D eigenvalue weighted by Crippen LogP contribution is -2.45. The van der Waals surface area contributed by atoms with E-state index in [2.05, 4.69) is 29.6 Å². The molecule has 1 saturated carbocycles. The van der Waals surface area contributed by atoms with Gasteiger partial charge in [-0.2, -0.15) is 0 Å². The number of thioether (sulfide) groups is 1. The van der Waals surface area contributed by atoms with Gasteiger partial charge in [0.1, 0.15) is 0 Å². The first-order valence-corrected chi connectivity index (χ1v) is 8.37. The molecule has 0 aromatic heterocycles. The Morgan fingerprint density at radius 2 is 2.00 bits per heavy atom. The van der Waals surface area contributed by atoms with Gasteiger partial charge in [-0.25, -0.2) is 0 Å². The Hall–Kier alpha value is -0.510. The van der Waals surface area contributed by atoms with Gasteiger partial charge in [0.15, 0.2) is 0 Å². The standard InChI is InChI=1S/C16H23NOS/c1-18-15-8-4-3-7-14(15)17-13-10-11-19-16-9-5-2-6-12(13)16/h2,5-6,9,13-15,17H,3-4,7-8,10-11H2,1H3. The van der Waals surface area contributed by atoms with E-state index in [1.165, 1.54) is 48.3 Å². The fraction of sp³-hybridized carbons (Fsp3) is 0.625. The van der Waals surface area contributed by atoms with Gasteiger partial charge in [-0.3, -0.25) is 0 Å². The summed E-state index contributed by atoms with van der Waals surface area (Å²) in [7, 11) is 1.86. The fourth-order valence-electron chi connectivity index (χ4n) is 3.34. The quantitative estimate of drug-likeness (QED) is 0.908. The average molecular weight is 277 g/mol. The van der Waals surface area contributed by atoms with E-state index in [-0.39, 0.29) is 0 Å². The van der Waals surface area contributed by atoms with Gasteiger partial charge in [0.2, 0.25) is 0 Å². The maximum atomic E-state index is 5.67. The molecule has 104 valence electrons. The highest BCUT2D eigenvalue weighted by Gasteiger charge is 2.29. The molecule has 1 heterocycles. The second-order valence-corrected chi connectivity index (χ2v) is 6.70. The van der Waals surface area contributed by atoms with Gasteiger partial charge in [-0.1, -0.05) is 31.0 Å². The molecule has 0 saturated heterocycles. The fourth-order valence-corrected chi connectivity index (χ4v) is 4.47. The Morgan fingerprint density at radius 3 is 2.89 bits per heavy atom. The molecular weight excluding hydrogens is 254 g/mol. The minimum absolute atomic E-state index is 0.399. The van der Waals surface area contributed by atoms with E-state index in [9.17, 15) is 0 Å². The maximum absolute atomic E-state index is 5.67. The molecule has 1 aliphatic carbocycles. The van der Waals surface area contributed by atoms with Crippen molar-refractivity contribution in [3.05, 3.63) is 29.8 Å². The number of fused-ring (bicyclic) bond motifs is 1. The molecule has 1 fully saturated rings. The summed E-state index contributed by atoms with van der Waals surface area (Å²) >= 11 is 1.99. The Labute approximate surface area is 120 Å². The first kappa shape index (κ1) is 13.5. The zero-order valence-corrected chi connectivity index (χ0v) is 12.4. The van der Waals surface area contributed by atoms with Gasteiger partial charge in [-0.05, 0) is 36.6 Å². The molecular formula is C16H23NOS. The molecule has 0 amide bonds. The maximum Gasteiger partial charge on any atom is 0.0724 e. The minimum Gasteiger partial charge on any atom is -0.380 e. The van der Waals surface area contributed by atoms with E-state index in [1.807, 2.05) is 18.9 Å². The highest BCUT2D eigenvalue weighted by Crippen LogP contribution is 2.37. The molecule has 1 aromatic carbocycles. The molecule has 0 spiro atoms. The third kappa shape index (κ3) is 2.99. The lowest BCUT2D eigenvalue weighted by molar-refractivity contribution is 0.0373. The first-order chi connectivity index (χ1) is 9.38. The van der Waals surface area contributed by atoms with Crippen molar-refractivity contribution in [1.82, 2.24) is 5.32 Å². The molecule has 3 rings (SSSR count). The van der Waals surface area contributed by atoms with E-state index in [4.69, 9.17) is 4.74 Å². The molecule has 2 nitrogen and oxygen atoms in total. The molecule has 2 aliphatic rings. The smallest absolute Gasteiger partial charge is 0.0724 e. The summed E-state index contributed by atoms with van der Waals surface area (Å²) in [5.41, 5.74) is 1.49. The summed E-state index contributed by atoms with van der Waals surface area (Å²) in [4.78, 5) is 1.45. The molecule has 19 heavy (non-hydrogen) atoms. The van der Waals surface area contributed by atoms with Crippen molar-refractivity contribution < 1.29 is 4.74 Å². The van der Waals surface area contributed by atoms with Crippen LogP contribution in [0.1, 0.15) is 43.7 Å². The van der Waals surface area contributed by atoms with E-state index < -0.39 is 0 Å². The Balaban J connectivity index is 1.73. The van der Waals surface area contributed by atoms with Gasteiger partial charge in [0, 0.05) is 24.1 Å². The van der Waals surface area contributed by atoms with Crippen LogP contribution in [-0.2, 0) is 4.74 Å². The van der Waals surface area contributed by atoms with Crippen molar-refractivity contribution in [2.24, 2.45) is 0 Å². The van der Waals surface area contributed by atoms with Crippen LogP contribution >= 0.6 is 11.8 Å². The van der Waals surface area contributed by atoms with Crippen LogP contribution in [0.25, 0.3) is 0 Å². The number of hydrogen-bond donors (Lipinski definition) is 1. The minimum atomic E-state index is 0.399. The molecule has 3 atom stereocenters. The molecule has 1 aliphatic heterocycles. The zero-order chi connectivity index (χ0) is 13.1. The van der Waals surface area contributed by atoms with Gasteiger partial charge >= 0.3 is 0 Å². The second-order valence-electron chi connectivity index (χ2n) is 5.56. The molecule has 0 bridgehead atoms. The lowest BCUT2D eigenvalue weighted by Gasteiger charge is -2.36. The molecule has 1 N–H and O–H groups in total. The van der Waals surface area contributed by atoms with E-state index in [1.54, 1.807) is 0 Å². The van der Waals surface area contributed by atoms with Crippen molar-refractivity contribution in [2.75, 3.05) is 12.9 Å². The Kier molecular flexibility index (Phi) is 4.46. The highest BCUT2D eigenvalue weighted by molar-refractivity contribution is 7.99. The summed E-state index contributed by atoms with van der Waals surface area (Å²) in [6.07, 6.45) is 6.74. The van der Waals surface area contributed by atoms with Crippen LogP contribution in [-0.4, -0.2) is 25.0 Å². The number of benzene rings is 1. The zero-order valence-electron chi connectivity index (χ0n) is 11.6. The normalized spacial score (nSPS) is 30.9. The largest absolute Gasteiger partial charge is 0.380 e. The number of methoxy groups -OCH3 is 1. The average Bonchev–Trinajstić information content (AvgIpc) is 2.48. The molecule has 1 aromatic rings. The summed E-state index contributed by atoms with van der Waals surface area (Å²) in [5.74, 6) is 1.22. The second kappa shape index (κ2) is 6.29. The number of ether oxygens (including phenoxy) is 1.